The van der Waals surface area contributed by atoms with Crippen LogP contribution in [0.15, 0.2) is 65.8 Å². The van der Waals surface area contributed by atoms with Gasteiger partial charge in [0.25, 0.3) is 0 Å². The molecule has 3 aromatic carbocycles. The van der Waals surface area contributed by atoms with Gasteiger partial charge in [-0.05, 0) is 35.0 Å². The molecule has 4 rings (SSSR count). The fourth-order valence-corrected chi connectivity index (χ4v) is 3.79. The number of aromatic nitrogens is 3. The van der Waals surface area contributed by atoms with Gasteiger partial charge in [0, 0.05) is 11.8 Å². The first kappa shape index (κ1) is 20.5. The van der Waals surface area contributed by atoms with Gasteiger partial charge in [-0.25, -0.2) is 4.68 Å². The van der Waals surface area contributed by atoms with Gasteiger partial charge in [0.1, 0.15) is 11.5 Å². The molecule has 0 fully saturated rings. The highest BCUT2D eigenvalue weighted by Gasteiger charge is 2.17. The Morgan fingerprint density at radius 1 is 1.03 bits per heavy atom. The number of hydrogen-bond donors (Lipinski definition) is 2. The number of hydrogen-bond acceptors (Lipinski definition) is 7. The molecule has 0 saturated carbocycles. The molecule has 0 aliphatic heterocycles. The normalized spacial score (nSPS) is 10.8. The predicted molar refractivity (Wildman–Crippen MR) is 122 cm³/mol. The van der Waals surface area contributed by atoms with E-state index in [1.54, 1.807) is 32.4 Å². The second kappa shape index (κ2) is 8.97. The maximum atomic E-state index is 12.4. The van der Waals surface area contributed by atoms with Gasteiger partial charge in [0.15, 0.2) is 5.82 Å². The molecule has 31 heavy (non-hydrogen) atoms. The van der Waals surface area contributed by atoms with Crippen molar-refractivity contribution in [3.05, 3.63) is 60.7 Å². The van der Waals surface area contributed by atoms with Crippen molar-refractivity contribution in [2.24, 2.45) is 0 Å². The Balaban J connectivity index is 1.44. The number of nitrogens with zero attached hydrogens (tertiary/aromatic N) is 3. The Labute approximate surface area is 183 Å². The maximum absolute atomic E-state index is 12.4. The summed E-state index contributed by atoms with van der Waals surface area (Å²) >= 11 is 1.20. The smallest absolute Gasteiger partial charge is 0.234 e. The molecule has 158 valence electrons. The van der Waals surface area contributed by atoms with Crippen LogP contribution in [-0.2, 0) is 4.79 Å². The van der Waals surface area contributed by atoms with Crippen LogP contribution in [0.2, 0.25) is 0 Å². The molecule has 0 radical (unpaired) electrons. The Hall–Kier alpha value is -3.72. The molecule has 0 spiro atoms. The first-order chi connectivity index (χ1) is 15.1. The zero-order valence-electron chi connectivity index (χ0n) is 17.0. The van der Waals surface area contributed by atoms with Gasteiger partial charge >= 0.3 is 0 Å². The van der Waals surface area contributed by atoms with Crippen LogP contribution in [0.1, 0.15) is 0 Å². The van der Waals surface area contributed by atoms with Crippen LogP contribution in [0.4, 0.5) is 5.69 Å². The zero-order valence-corrected chi connectivity index (χ0v) is 17.8. The summed E-state index contributed by atoms with van der Waals surface area (Å²) in [4.78, 5) is 12.4. The number of rotatable bonds is 7. The molecule has 8 nitrogen and oxygen atoms in total. The highest BCUT2D eigenvalue weighted by atomic mass is 32.2. The Kier molecular flexibility index (Phi) is 5.94. The molecule has 0 atom stereocenters. The predicted octanol–water partition coefficient (Wildman–Crippen LogP) is 3.56. The van der Waals surface area contributed by atoms with E-state index in [1.165, 1.54) is 16.4 Å². The molecule has 1 amide bonds. The van der Waals surface area contributed by atoms with Crippen molar-refractivity contribution in [1.29, 1.82) is 0 Å². The summed E-state index contributed by atoms with van der Waals surface area (Å²) in [6.07, 6.45) is 0. The number of thioether (sulfide) groups is 1. The van der Waals surface area contributed by atoms with E-state index < -0.39 is 0 Å². The quantitative estimate of drug-likeness (QED) is 0.338. The van der Waals surface area contributed by atoms with E-state index >= 15 is 0 Å². The lowest BCUT2D eigenvalue weighted by Crippen LogP contribution is -2.16. The molecule has 0 saturated heterocycles. The van der Waals surface area contributed by atoms with Crippen molar-refractivity contribution in [3.8, 4) is 22.9 Å². The molecule has 1 aromatic heterocycles. The van der Waals surface area contributed by atoms with Gasteiger partial charge in [0.05, 0.1) is 25.5 Å². The SMILES string of the molecule is COc1ccc(-c2nnc(SCC(=O)Nc3ccc4ccccc4c3)n2N)c(OC)c1. The fourth-order valence-electron chi connectivity index (χ4n) is 3.14. The van der Waals surface area contributed by atoms with Gasteiger partial charge in [-0.3, -0.25) is 4.79 Å². The van der Waals surface area contributed by atoms with Crippen molar-refractivity contribution in [3.63, 3.8) is 0 Å². The molecular formula is C22H21N5O3S. The summed E-state index contributed by atoms with van der Waals surface area (Å²) in [7, 11) is 3.14. The van der Waals surface area contributed by atoms with E-state index in [9.17, 15) is 4.79 Å². The summed E-state index contributed by atoms with van der Waals surface area (Å²) in [6, 6.07) is 19.1. The lowest BCUT2D eigenvalue weighted by molar-refractivity contribution is -0.113. The molecule has 1 heterocycles. The number of nitrogen functional groups attached to an aromatic ring is 1. The largest absolute Gasteiger partial charge is 0.497 e. The number of benzene rings is 3. The molecule has 9 heteroatoms. The Bertz CT molecular complexity index is 1240. The second-order valence-electron chi connectivity index (χ2n) is 6.64. The average Bonchev–Trinajstić information content (AvgIpc) is 3.17. The van der Waals surface area contributed by atoms with Crippen LogP contribution in [0.5, 0.6) is 11.5 Å². The lowest BCUT2D eigenvalue weighted by Gasteiger charge is -2.10. The monoisotopic (exact) mass is 435 g/mol. The molecule has 0 unspecified atom stereocenters. The van der Waals surface area contributed by atoms with Crippen LogP contribution in [0.25, 0.3) is 22.2 Å². The van der Waals surface area contributed by atoms with Crippen LogP contribution < -0.4 is 20.6 Å². The number of ether oxygens (including phenoxy) is 2. The zero-order chi connectivity index (χ0) is 21.8. The molecule has 3 N–H and O–H groups in total. The van der Waals surface area contributed by atoms with E-state index in [0.29, 0.717) is 28.0 Å². The summed E-state index contributed by atoms with van der Waals surface area (Å²) in [5.41, 5.74) is 1.41. The number of carbonyl (C=O) groups is 1. The average molecular weight is 436 g/mol. The first-order valence-electron chi connectivity index (χ1n) is 9.43. The second-order valence-corrected chi connectivity index (χ2v) is 7.58. The maximum Gasteiger partial charge on any atom is 0.234 e. The minimum atomic E-state index is -0.160. The number of nitrogens with one attached hydrogen (secondary N) is 1. The van der Waals surface area contributed by atoms with Crippen LogP contribution in [-0.4, -0.2) is 40.8 Å². The van der Waals surface area contributed by atoms with Crippen molar-refractivity contribution >= 4 is 34.1 Å². The van der Waals surface area contributed by atoms with Gasteiger partial charge in [-0.2, -0.15) is 0 Å². The molecule has 0 aliphatic carbocycles. The van der Waals surface area contributed by atoms with Crippen molar-refractivity contribution in [1.82, 2.24) is 14.9 Å². The number of fused-ring (bicyclic) bond motifs is 1. The van der Waals surface area contributed by atoms with E-state index in [-0.39, 0.29) is 11.7 Å². The molecule has 0 bridgehead atoms. The molecular weight excluding hydrogens is 414 g/mol. The standard InChI is InChI=1S/C22H21N5O3S/c1-29-17-9-10-18(19(12-17)30-2)21-25-26-22(27(21)23)31-13-20(28)24-16-8-7-14-5-3-4-6-15(14)11-16/h3-12H,13,23H2,1-2H3,(H,24,28). The number of amides is 1. The van der Waals surface area contributed by atoms with Gasteiger partial charge < -0.3 is 20.6 Å². The van der Waals surface area contributed by atoms with E-state index in [4.69, 9.17) is 15.3 Å². The van der Waals surface area contributed by atoms with Gasteiger partial charge in [-0.15, -0.1) is 10.2 Å². The highest BCUT2D eigenvalue weighted by molar-refractivity contribution is 7.99. The number of nitrogens with two attached hydrogens (primary N) is 1. The summed E-state index contributed by atoms with van der Waals surface area (Å²) < 4.78 is 12.0. The Morgan fingerprint density at radius 3 is 2.61 bits per heavy atom. The minimum absolute atomic E-state index is 0.141. The van der Waals surface area contributed by atoms with Crippen molar-refractivity contribution < 1.29 is 14.3 Å². The number of methoxy groups -OCH3 is 2. The summed E-state index contributed by atoms with van der Waals surface area (Å²) in [6.45, 7) is 0. The van der Waals surface area contributed by atoms with E-state index in [1.807, 2.05) is 42.5 Å². The topological polar surface area (TPSA) is 104 Å². The number of carbonyl (C=O) groups excluding carboxylic acids is 1. The fraction of sp³-hybridized carbons (Fsp3) is 0.136. The third kappa shape index (κ3) is 4.41. The van der Waals surface area contributed by atoms with Gasteiger partial charge in [-0.1, -0.05) is 42.1 Å². The van der Waals surface area contributed by atoms with Crippen LogP contribution >= 0.6 is 11.8 Å². The van der Waals surface area contributed by atoms with Gasteiger partial charge in [0.2, 0.25) is 11.1 Å². The van der Waals surface area contributed by atoms with Crippen LogP contribution in [0.3, 0.4) is 0 Å². The lowest BCUT2D eigenvalue weighted by atomic mass is 10.1. The minimum Gasteiger partial charge on any atom is -0.497 e. The van der Waals surface area contributed by atoms with Crippen molar-refractivity contribution in [2.45, 2.75) is 5.16 Å². The summed E-state index contributed by atoms with van der Waals surface area (Å²) in [5, 5.41) is 13.8. The Morgan fingerprint density at radius 2 is 1.84 bits per heavy atom. The molecule has 4 aromatic rings. The van der Waals surface area contributed by atoms with E-state index in [0.717, 1.165) is 16.5 Å². The van der Waals surface area contributed by atoms with Crippen LogP contribution in [0, 0.1) is 0 Å². The third-order valence-electron chi connectivity index (χ3n) is 4.68. The summed E-state index contributed by atoms with van der Waals surface area (Å²) in [5.74, 6) is 7.81. The third-order valence-corrected chi connectivity index (χ3v) is 5.62. The first-order valence-corrected chi connectivity index (χ1v) is 10.4. The van der Waals surface area contributed by atoms with Crippen molar-refractivity contribution in [2.75, 3.05) is 31.1 Å². The molecule has 0 aliphatic rings. The van der Waals surface area contributed by atoms with E-state index in [2.05, 4.69) is 15.5 Å². The highest BCUT2D eigenvalue weighted by Crippen LogP contribution is 2.33. The number of anilines is 1.